The number of halogens is 1. The van der Waals surface area contributed by atoms with Crippen molar-refractivity contribution in [1.29, 1.82) is 0 Å². The van der Waals surface area contributed by atoms with Crippen molar-refractivity contribution in [2.45, 2.75) is 42.2 Å². The number of benzene rings is 1. The molecule has 0 bridgehead atoms. The third-order valence-electron chi connectivity index (χ3n) is 5.87. The molecule has 1 fully saturated rings. The van der Waals surface area contributed by atoms with Crippen molar-refractivity contribution < 1.29 is 4.79 Å². The molecule has 11 heteroatoms. The van der Waals surface area contributed by atoms with E-state index in [1.54, 1.807) is 18.3 Å². The van der Waals surface area contributed by atoms with E-state index in [9.17, 15) is 4.79 Å². The number of nitrogen functional groups attached to an aromatic ring is 1. The van der Waals surface area contributed by atoms with Crippen LogP contribution < -0.4 is 5.73 Å². The Kier molecular flexibility index (Phi) is 5.92. The van der Waals surface area contributed by atoms with Crippen molar-refractivity contribution in [2.24, 2.45) is 5.92 Å². The first kappa shape index (κ1) is 21.4. The molecule has 1 aromatic carbocycles. The summed E-state index contributed by atoms with van der Waals surface area (Å²) in [7, 11) is 0. The number of amides is 1. The van der Waals surface area contributed by atoms with Gasteiger partial charge in [-0.1, -0.05) is 17.7 Å². The summed E-state index contributed by atoms with van der Waals surface area (Å²) in [5, 5.41) is 1.44. The van der Waals surface area contributed by atoms with Crippen molar-refractivity contribution in [3.8, 4) is 0 Å². The Morgan fingerprint density at radius 3 is 2.81 bits per heavy atom. The highest BCUT2D eigenvalue weighted by atomic mass is 35.5. The van der Waals surface area contributed by atoms with Gasteiger partial charge in [0.25, 0.3) is 0 Å². The lowest BCUT2D eigenvalue weighted by atomic mass is 9.93. The molecule has 2 N–H and O–H groups in total. The molecule has 1 aliphatic heterocycles. The quantitative estimate of drug-likeness (QED) is 0.443. The summed E-state index contributed by atoms with van der Waals surface area (Å²) in [4.78, 5) is 31.6. The predicted octanol–water partition coefficient (Wildman–Crippen LogP) is 4.47. The standard InChI is InChI=1S/C21H22ClN7OS2/c1-12(30)28-8-5-13(6-9-28)7-10-29-19-17(18(23)24-11-25-19)26-20(29)32-21-27-16-14(22)3-2-4-15(16)31-21/h2-4,11,13H,5-10H2,1H3,(H2,23,24,25). The summed E-state index contributed by atoms with van der Waals surface area (Å²) >= 11 is 9.40. The number of nitrogens with two attached hydrogens (primary N) is 1. The van der Waals surface area contributed by atoms with Crippen LogP contribution in [-0.2, 0) is 11.3 Å². The second-order valence-corrected chi connectivity index (χ2v) is 10.5. The van der Waals surface area contributed by atoms with E-state index in [1.165, 1.54) is 18.1 Å². The lowest BCUT2D eigenvalue weighted by Gasteiger charge is -2.31. The van der Waals surface area contributed by atoms with Crippen LogP contribution >= 0.6 is 34.7 Å². The lowest BCUT2D eigenvalue weighted by molar-refractivity contribution is -0.130. The molecular formula is C21H22ClN7OS2. The normalized spacial score (nSPS) is 15.1. The molecule has 32 heavy (non-hydrogen) atoms. The lowest BCUT2D eigenvalue weighted by Crippen LogP contribution is -2.37. The molecule has 0 radical (unpaired) electrons. The van der Waals surface area contributed by atoms with E-state index in [0.29, 0.717) is 22.3 Å². The molecule has 5 rings (SSSR count). The number of likely N-dealkylation sites (tertiary alicyclic amines) is 1. The van der Waals surface area contributed by atoms with Crippen LogP contribution in [0.2, 0.25) is 5.02 Å². The van der Waals surface area contributed by atoms with Gasteiger partial charge in [-0.15, -0.1) is 11.3 Å². The van der Waals surface area contributed by atoms with Crippen LogP contribution in [0.1, 0.15) is 26.2 Å². The van der Waals surface area contributed by atoms with Gasteiger partial charge in [-0.05, 0) is 49.1 Å². The number of rotatable bonds is 5. The molecule has 0 unspecified atom stereocenters. The fourth-order valence-corrected chi connectivity index (χ4v) is 6.45. The largest absolute Gasteiger partial charge is 0.382 e. The van der Waals surface area contributed by atoms with Crippen molar-refractivity contribution in [3.63, 3.8) is 0 Å². The van der Waals surface area contributed by atoms with Crippen molar-refractivity contribution in [1.82, 2.24) is 29.4 Å². The Morgan fingerprint density at radius 1 is 1.25 bits per heavy atom. The molecule has 1 saturated heterocycles. The number of hydrogen-bond donors (Lipinski definition) is 1. The maximum Gasteiger partial charge on any atom is 0.219 e. The molecule has 0 spiro atoms. The Morgan fingerprint density at radius 2 is 2.06 bits per heavy atom. The number of fused-ring (bicyclic) bond motifs is 2. The van der Waals surface area contributed by atoms with Gasteiger partial charge in [-0.3, -0.25) is 4.79 Å². The number of carbonyl (C=O) groups excluding carboxylic acids is 1. The van der Waals surface area contributed by atoms with E-state index in [2.05, 4.69) is 14.5 Å². The Hall–Kier alpha value is -2.43. The Bertz CT molecular complexity index is 1300. The van der Waals surface area contributed by atoms with Gasteiger partial charge in [0.15, 0.2) is 26.5 Å². The number of carbonyl (C=O) groups is 1. The van der Waals surface area contributed by atoms with Gasteiger partial charge < -0.3 is 15.2 Å². The minimum atomic E-state index is 0.158. The second kappa shape index (κ2) is 8.84. The topological polar surface area (TPSA) is 103 Å². The highest BCUT2D eigenvalue weighted by molar-refractivity contribution is 8.01. The monoisotopic (exact) mass is 487 g/mol. The summed E-state index contributed by atoms with van der Waals surface area (Å²) < 4.78 is 4.02. The minimum absolute atomic E-state index is 0.158. The van der Waals surface area contributed by atoms with E-state index in [4.69, 9.17) is 27.3 Å². The van der Waals surface area contributed by atoms with Crippen LogP contribution in [-0.4, -0.2) is 48.4 Å². The van der Waals surface area contributed by atoms with E-state index < -0.39 is 0 Å². The number of para-hydroxylation sites is 1. The van der Waals surface area contributed by atoms with Crippen LogP contribution in [0.5, 0.6) is 0 Å². The number of aromatic nitrogens is 5. The zero-order valence-corrected chi connectivity index (χ0v) is 19.9. The van der Waals surface area contributed by atoms with E-state index >= 15 is 0 Å². The van der Waals surface area contributed by atoms with Crippen molar-refractivity contribution in [2.75, 3.05) is 18.8 Å². The number of thiazole rings is 1. The first-order chi connectivity index (χ1) is 15.5. The van der Waals surface area contributed by atoms with Crippen LogP contribution in [0, 0.1) is 5.92 Å². The van der Waals surface area contributed by atoms with Gasteiger partial charge in [-0.25, -0.2) is 19.9 Å². The molecular weight excluding hydrogens is 466 g/mol. The Balaban J connectivity index is 1.41. The van der Waals surface area contributed by atoms with Gasteiger partial charge in [-0.2, -0.15) is 0 Å². The number of imidazole rings is 1. The molecule has 1 amide bonds. The van der Waals surface area contributed by atoms with E-state index in [0.717, 1.165) is 64.3 Å². The summed E-state index contributed by atoms with van der Waals surface area (Å²) in [6, 6.07) is 5.80. The highest BCUT2D eigenvalue weighted by Gasteiger charge is 2.23. The van der Waals surface area contributed by atoms with Gasteiger partial charge in [0.05, 0.1) is 9.72 Å². The molecule has 4 aromatic rings. The number of hydrogen-bond acceptors (Lipinski definition) is 8. The van der Waals surface area contributed by atoms with Gasteiger partial charge in [0.2, 0.25) is 5.91 Å². The summed E-state index contributed by atoms with van der Waals surface area (Å²) in [6.07, 6.45) is 4.50. The van der Waals surface area contributed by atoms with Crippen LogP contribution in [0.4, 0.5) is 5.82 Å². The first-order valence-corrected chi connectivity index (χ1v) is 12.5. The molecule has 4 heterocycles. The van der Waals surface area contributed by atoms with Gasteiger partial charge in [0, 0.05) is 26.6 Å². The van der Waals surface area contributed by atoms with Crippen molar-refractivity contribution >= 4 is 67.8 Å². The maximum absolute atomic E-state index is 11.6. The first-order valence-electron chi connectivity index (χ1n) is 10.4. The second-order valence-electron chi connectivity index (χ2n) is 7.88. The molecule has 0 aliphatic carbocycles. The molecule has 8 nitrogen and oxygen atoms in total. The molecule has 0 saturated carbocycles. The van der Waals surface area contributed by atoms with E-state index in [1.807, 2.05) is 23.1 Å². The molecule has 1 aliphatic rings. The molecule has 0 atom stereocenters. The van der Waals surface area contributed by atoms with Gasteiger partial charge >= 0.3 is 0 Å². The third kappa shape index (κ3) is 4.14. The summed E-state index contributed by atoms with van der Waals surface area (Å²) in [5.41, 5.74) is 8.25. The minimum Gasteiger partial charge on any atom is -0.382 e. The number of aryl methyl sites for hydroxylation is 1. The van der Waals surface area contributed by atoms with Crippen LogP contribution in [0.3, 0.4) is 0 Å². The van der Waals surface area contributed by atoms with Crippen LogP contribution in [0.25, 0.3) is 21.4 Å². The fraction of sp³-hybridized carbons (Fsp3) is 0.381. The third-order valence-corrected chi connectivity index (χ3v) is 8.26. The van der Waals surface area contributed by atoms with Crippen LogP contribution in [0.15, 0.2) is 34.0 Å². The van der Waals surface area contributed by atoms with Crippen molar-refractivity contribution in [3.05, 3.63) is 29.5 Å². The fourth-order valence-electron chi connectivity index (χ4n) is 4.08. The highest BCUT2D eigenvalue weighted by Crippen LogP contribution is 2.38. The zero-order valence-electron chi connectivity index (χ0n) is 17.5. The SMILES string of the molecule is CC(=O)N1CCC(CCn2c(Sc3nc4c(Cl)cccc4s3)nc3c(N)ncnc32)CC1. The average molecular weight is 488 g/mol. The van der Waals surface area contributed by atoms with Gasteiger partial charge in [0.1, 0.15) is 11.8 Å². The average Bonchev–Trinajstić information content (AvgIpc) is 3.35. The number of anilines is 1. The number of piperidine rings is 1. The molecule has 166 valence electrons. The summed E-state index contributed by atoms with van der Waals surface area (Å²) in [5.74, 6) is 1.09. The smallest absolute Gasteiger partial charge is 0.219 e. The Labute approximate surface area is 198 Å². The predicted molar refractivity (Wildman–Crippen MR) is 128 cm³/mol. The molecule has 3 aromatic heterocycles. The zero-order chi connectivity index (χ0) is 22.2. The summed E-state index contributed by atoms with van der Waals surface area (Å²) in [6.45, 7) is 4.06. The number of nitrogens with zero attached hydrogens (tertiary/aromatic N) is 6. The maximum atomic E-state index is 11.6. The van der Waals surface area contributed by atoms with E-state index in [-0.39, 0.29) is 5.91 Å².